The number of benzene rings is 2. The van der Waals surface area contributed by atoms with Crippen LogP contribution >= 0.6 is 0 Å². The maximum Gasteiger partial charge on any atom is 0.407 e. The highest BCUT2D eigenvalue weighted by Crippen LogP contribution is 2.51. The molecule has 2 aromatic rings. The number of carbonyl (C=O) groups excluding carboxylic acids is 1. The molecule has 188 valence electrons. The normalized spacial score (nSPS) is 26.5. The first kappa shape index (κ1) is 24.4. The lowest BCUT2D eigenvalue weighted by atomic mass is 9.76. The first-order chi connectivity index (χ1) is 16.9. The van der Waals surface area contributed by atoms with Crippen molar-refractivity contribution in [3.05, 3.63) is 59.2 Å². The van der Waals surface area contributed by atoms with E-state index in [2.05, 4.69) is 80.4 Å². The molecule has 3 saturated heterocycles. The van der Waals surface area contributed by atoms with E-state index in [9.17, 15) is 4.79 Å². The fraction of sp³-hybridized carbons (Fsp3) is 0.581. The number of nitrogens with zero attached hydrogens (tertiary/aromatic N) is 1. The Morgan fingerprint density at radius 2 is 1.74 bits per heavy atom. The minimum absolute atomic E-state index is 0.00329. The molecule has 1 unspecified atom stereocenters. The van der Waals surface area contributed by atoms with Crippen LogP contribution in [0.5, 0.6) is 0 Å². The minimum atomic E-state index is -0.238. The standard InChI is InChI=1S/C31H42N2O2/c1-5-31(6-2)19-26-18-25(23-9-7-22(8-10-23)17-21(3)4)11-12-27(26)29(31)32-30(34)35-28-20-33-15-13-24(28)14-16-33/h7-12,18,21,24,28-29H,5-6,13-17,19-20H2,1-4H3,(H,32,34)/t28-,29?/m1/s1. The Morgan fingerprint density at radius 3 is 2.34 bits per heavy atom. The van der Waals surface area contributed by atoms with Crippen LogP contribution in [-0.2, 0) is 17.6 Å². The number of ether oxygens (including phenoxy) is 1. The summed E-state index contributed by atoms with van der Waals surface area (Å²) in [6.07, 6.45) is 6.28. The summed E-state index contributed by atoms with van der Waals surface area (Å²) in [4.78, 5) is 15.6. The highest BCUT2D eigenvalue weighted by molar-refractivity contribution is 5.70. The molecular weight excluding hydrogens is 432 g/mol. The van der Waals surface area contributed by atoms with Gasteiger partial charge in [0.15, 0.2) is 0 Å². The Balaban J connectivity index is 1.34. The Morgan fingerprint density at radius 1 is 1.06 bits per heavy atom. The second-order valence-electron chi connectivity index (χ2n) is 11.6. The van der Waals surface area contributed by atoms with Gasteiger partial charge in [-0.05, 0) is 96.7 Å². The molecule has 4 heteroatoms. The summed E-state index contributed by atoms with van der Waals surface area (Å²) in [6.45, 7) is 12.2. The number of hydrogen-bond acceptors (Lipinski definition) is 3. The van der Waals surface area contributed by atoms with Crippen molar-refractivity contribution in [2.24, 2.45) is 17.3 Å². The van der Waals surface area contributed by atoms with E-state index in [1.165, 1.54) is 27.8 Å². The van der Waals surface area contributed by atoms with Crippen molar-refractivity contribution in [3.8, 4) is 11.1 Å². The molecule has 2 bridgehead atoms. The fourth-order valence-electron chi connectivity index (χ4n) is 6.81. The van der Waals surface area contributed by atoms with Gasteiger partial charge in [-0.15, -0.1) is 0 Å². The Hall–Kier alpha value is -2.33. The molecule has 3 aliphatic heterocycles. The number of rotatable bonds is 7. The maximum atomic E-state index is 13.1. The van der Waals surface area contributed by atoms with E-state index < -0.39 is 0 Å². The van der Waals surface area contributed by atoms with Crippen LogP contribution in [-0.4, -0.2) is 36.7 Å². The van der Waals surface area contributed by atoms with Gasteiger partial charge in [0.05, 0.1) is 6.04 Å². The molecule has 6 rings (SSSR count). The Labute approximate surface area is 211 Å². The average molecular weight is 475 g/mol. The molecule has 3 heterocycles. The van der Waals surface area contributed by atoms with Gasteiger partial charge in [-0.2, -0.15) is 0 Å². The van der Waals surface area contributed by atoms with Crippen LogP contribution < -0.4 is 5.32 Å². The second-order valence-corrected chi connectivity index (χ2v) is 11.6. The molecule has 4 aliphatic rings. The zero-order valence-electron chi connectivity index (χ0n) is 22.0. The number of hydrogen-bond donors (Lipinski definition) is 1. The predicted octanol–water partition coefficient (Wildman–Crippen LogP) is 6.78. The largest absolute Gasteiger partial charge is 0.445 e. The van der Waals surface area contributed by atoms with Gasteiger partial charge in [-0.3, -0.25) is 4.90 Å². The molecule has 1 amide bonds. The van der Waals surface area contributed by atoms with Gasteiger partial charge >= 0.3 is 6.09 Å². The highest BCUT2D eigenvalue weighted by Gasteiger charge is 2.45. The van der Waals surface area contributed by atoms with Crippen LogP contribution in [0.1, 0.15) is 76.1 Å². The monoisotopic (exact) mass is 474 g/mol. The van der Waals surface area contributed by atoms with Crippen molar-refractivity contribution >= 4 is 6.09 Å². The first-order valence-corrected chi connectivity index (χ1v) is 13.8. The second kappa shape index (κ2) is 9.97. The zero-order chi connectivity index (χ0) is 24.6. The third-order valence-electron chi connectivity index (χ3n) is 9.07. The average Bonchev–Trinajstić information content (AvgIpc) is 3.17. The van der Waals surface area contributed by atoms with E-state index in [-0.39, 0.29) is 23.7 Å². The Bertz CT molecular complexity index is 1030. The molecule has 2 aromatic carbocycles. The van der Waals surface area contributed by atoms with Crippen molar-refractivity contribution in [1.29, 1.82) is 0 Å². The summed E-state index contributed by atoms with van der Waals surface area (Å²) in [5, 5.41) is 3.34. The lowest BCUT2D eigenvalue weighted by Crippen LogP contribution is -2.53. The lowest BCUT2D eigenvalue weighted by Gasteiger charge is -2.44. The molecule has 2 atom stereocenters. The van der Waals surface area contributed by atoms with E-state index >= 15 is 0 Å². The van der Waals surface area contributed by atoms with Gasteiger partial charge in [0.25, 0.3) is 0 Å². The summed E-state index contributed by atoms with van der Waals surface area (Å²) in [7, 11) is 0. The number of carbonyl (C=O) groups is 1. The van der Waals surface area contributed by atoms with Crippen LogP contribution in [0.3, 0.4) is 0 Å². The molecule has 3 fully saturated rings. The van der Waals surface area contributed by atoms with Gasteiger partial charge in [0, 0.05) is 6.54 Å². The van der Waals surface area contributed by atoms with Crippen LogP contribution in [0.2, 0.25) is 0 Å². The van der Waals surface area contributed by atoms with E-state index in [1.807, 2.05) is 0 Å². The number of piperidine rings is 3. The molecule has 4 nitrogen and oxygen atoms in total. The van der Waals surface area contributed by atoms with E-state index in [4.69, 9.17) is 4.74 Å². The molecular formula is C31H42N2O2. The van der Waals surface area contributed by atoms with E-state index in [1.54, 1.807) is 0 Å². The molecule has 1 aliphatic carbocycles. The summed E-state index contributed by atoms with van der Waals surface area (Å²) < 4.78 is 6.02. The number of nitrogens with one attached hydrogen (secondary N) is 1. The minimum Gasteiger partial charge on any atom is -0.445 e. The Kier molecular flexibility index (Phi) is 6.94. The molecule has 0 spiro atoms. The summed E-state index contributed by atoms with van der Waals surface area (Å²) in [6, 6.07) is 15.9. The summed E-state index contributed by atoms with van der Waals surface area (Å²) in [5.74, 6) is 1.19. The topological polar surface area (TPSA) is 41.6 Å². The predicted molar refractivity (Wildman–Crippen MR) is 142 cm³/mol. The third-order valence-corrected chi connectivity index (χ3v) is 9.07. The smallest absolute Gasteiger partial charge is 0.407 e. The quantitative estimate of drug-likeness (QED) is 0.481. The van der Waals surface area contributed by atoms with Gasteiger partial charge in [0.2, 0.25) is 0 Å². The van der Waals surface area contributed by atoms with Crippen LogP contribution in [0.15, 0.2) is 42.5 Å². The van der Waals surface area contributed by atoms with Gasteiger partial charge < -0.3 is 10.1 Å². The first-order valence-electron chi connectivity index (χ1n) is 13.8. The lowest BCUT2D eigenvalue weighted by molar-refractivity contribution is -0.0353. The van der Waals surface area contributed by atoms with Crippen LogP contribution in [0, 0.1) is 17.3 Å². The van der Waals surface area contributed by atoms with Gasteiger partial charge in [-0.25, -0.2) is 4.79 Å². The molecule has 1 N–H and O–H groups in total. The van der Waals surface area contributed by atoms with E-state index in [0.29, 0.717) is 11.8 Å². The van der Waals surface area contributed by atoms with Crippen molar-refractivity contribution in [2.75, 3.05) is 19.6 Å². The molecule has 0 aromatic heterocycles. The van der Waals surface area contributed by atoms with Gasteiger partial charge in [-0.1, -0.05) is 70.2 Å². The summed E-state index contributed by atoms with van der Waals surface area (Å²) in [5.41, 5.74) is 6.58. The van der Waals surface area contributed by atoms with Gasteiger partial charge in [0.1, 0.15) is 6.10 Å². The highest BCUT2D eigenvalue weighted by atomic mass is 16.6. The molecule has 0 radical (unpaired) electrons. The fourth-order valence-corrected chi connectivity index (χ4v) is 6.81. The third kappa shape index (κ3) is 4.87. The van der Waals surface area contributed by atoms with Crippen LogP contribution in [0.4, 0.5) is 4.79 Å². The SMILES string of the molecule is CCC1(CC)Cc2cc(-c3ccc(CC(C)C)cc3)ccc2C1NC(=O)O[C@@H]1CN2CCC1CC2. The van der Waals surface area contributed by atoms with E-state index in [0.717, 1.165) is 58.2 Å². The molecule has 35 heavy (non-hydrogen) atoms. The number of alkyl carbamates (subject to hydrolysis) is 1. The van der Waals surface area contributed by atoms with Crippen molar-refractivity contribution < 1.29 is 9.53 Å². The number of fused-ring (bicyclic) bond motifs is 4. The van der Waals surface area contributed by atoms with Crippen molar-refractivity contribution in [1.82, 2.24) is 10.2 Å². The maximum absolute atomic E-state index is 13.1. The van der Waals surface area contributed by atoms with Crippen LogP contribution in [0.25, 0.3) is 11.1 Å². The number of amides is 1. The van der Waals surface area contributed by atoms with Crippen molar-refractivity contribution in [2.45, 2.75) is 78.4 Å². The summed E-state index contributed by atoms with van der Waals surface area (Å²) >= 11 is 0. The van der Waals surface area contributed by atoms with Crippen molar-refractivity contribution in [3.63, 3.8) is 0 Å². The molecule has 0 saturated carbocycles. The zero-order valence-corrected chi connectivity index (χ0v) is 22.0.